The molecule has 0 saturated carbocycles. The normalized spacial score (nSPS) is 18.7. The van der Waals surface area contributed by atoms with Crippen molar-refractivity contribution >= 4 is 11.6 Å². The van der Waals surface area contributed by atoms with E-state index in [2.05, 4.69) is 4.74 Å². The quantitative estimate of drug-likeness (QED) is 0.619. The van der Waals surface area contributed by atoms with Gasteiger partial charge < -0.3 is 9.47 Å². The molecule has 30 heavy (non-hydrogen) atoms. The van der Waals surface area contributed by atoms with Crippen molar-refractivity contribution in [2.24, 2.45) is 0 Å². The van der Waals surface area contributed by atoms with Gasteiger partial charge in [0.15, 0.2) is 11.6 Å². The fourth-order valence-corrected chi connectivity index (χ4v) is 4.03. The second kappa shape index (κ2) is 7.91. The van der Waals surface area contributed by atoms with Crippen molar-refractivity contribution in [1.82, 2.24) is 0 Å². The Morgan fingerprint density at radius 1 is 0.933 bits per heavy atom. The van der Waals surface area contributed by atoms with E-state index in [1.807, 2.05) is 25.1 Å². The fourth-order valence-electron chi connectivity index (χ4n) is 4.03. The highest BCUT2D eigenvalue weighted by Crippen LogP contribution is 2.40. The molecule has 1 fully saturated rings. The highest BCUT2D eigenvalue weighted by Gasteiger charge is 2.53. The number of ketones is 2. The molecule has 0 N–H and O–H groups in total. The first-order chi connectivity index (χ1) is 14.0. The monoisotopic (exact) mass is 416 g/mol. The van der Waals surface area contributed by atoms with E-state index in [1.54, 1.807) is 39.8 Å². The van der Waals surface area contributed by atoms with Crippen LogP contribution < -0.4 is 4.74 Å². The molecule has 2 aromatic carbocycles. The van der Waals surface area contributed by atoms with Crippen molar-refractivity contribution in [2.45, 2.75) is 64.8 Å². The minimum atomic E-state index is -2.89. The van der Waals surface area contributed by atoms with Crippen molar-refractivity contribution in [3.8, 4) is 16.9 Å². The third-order valence-electron chi connectivity index (χ3n) is 5.47. The summed E-state index contributed by atoms with van der Waals surface area (Å²) in [6, 6.07) is 11.9. The number of hydrogen-bond acceptors (Lipinski definition) is 4. The summed E-state index contributed by atoms with van der Waals surface area (Å²) in [5.74, 6) is -1.38. The molecular formula is C24H26F2O4. The van der Waals surface area contributed by atoms with Crippen molar-refractivity contribution in [3.63, 3.8) is 0 Å². The summed E-state index contributed by atoms with van der Waals surface area (Å²) >= 11 is 0. The summed E-state index contributed by atoms with van der Waals surface area (Å²) in [5.41, 5.74) is 0.966. The summed E-state index contributed by atoms with van der Waals surface area (Å²) in [6.07, 6.45) is 0.662. The van der Waals surface area contributed by atoms with E-state index in [9.17, 15) is 18.4 Å². The van der Waals surface area contributed by atoms with Crippen LogP contribution in [0.5, 0.6) is 5.75 Å². The third kappa shape index (κ3) is 4.15. The zero-order chi connectivity index (χ0) is 22.3. The fraction of sp³-hybridized carbons (Fsp3) is 0.417. The number of carbonyl (C=O) groups is 2. The van der Waals surface area contributed by atoms with Crippen LogP contribution in [0, 0.1) is 0 Å². The van der Waals surface area contributed by atoms with Gasteiger partial charge >= 0.3 is 6.61 Å². The van der Waals surface area contributed by atoms with E-state index >= 15 is 0 Å². The molecule has 3 rings (SSSR count). The van der Waals surface area contributed by atoms with Gasteiger partial charge in [-0.05, 0) is 74.6 Å². The molecular weight excluding hydrogens is 390 g/mol. The molecule has 0 radical (unpaired) electrons. The molecule has 0 unspecified atom stereocenters. The Balaban J connectivity index is 2.07. The van der Waals surface area contributed by atoms with Gasteiger partial charge in [-0.1, -0.05) is 31.2 Å². The molecule has 2 aromatic rings. The lowest BCUT2D eigenvalue weighted by atomic mass is 9.73. The maximum absolute atomic E-state index is 13.2. The van der Waals surface area contributed by atoms with E-state index in [0.717, 1.165) is 16.7 Å². The van der Waals surface area contributed by atoms with E-state index in [-0.39, 0.29) is 17.3 Å². The van der Waals surface area contributed by atoms with E-state index in [1.165, 1.54) is 12.1 Å². The molecule has 0 spiro atoms. The van der Waals surface area contributed by atoms with Crippen LogP contribution in [0.15, 0.2) is 42.5 Å². The standard InChI is InChI=1S/C24H26F2O4/c1-6-14-7-8-16(15-9-11-17(12-10-15)29-22(25)26)13-18(14)19-20(27)23(2,3)30-24(4,5)21(19)28/h7-13,19,22H,6H2,1-5H3. The molecule has 0 bridgehead atoms. The maximum atomic E-state index is 13.2. The number of ether oxygens (including phenoxy) is 2. The molecule has 1 heterocycles. The van der Waals surface area contributed by atoms with Crippen molar-refractivity contribution in [1.29, 1.82) is 0 Å². The van der Waals surface area contributed by atoms with Crippen molar-refractivity contribution < 1.29 is 27.8 Å². The molecule has 6 heteroatoms. The predicted octanol–water partition coefficient (Wildman–Crippen LogP) is 5.33. The van der Waals surface area contributed by atoms with Gasteiger partial charge in [0, 0.05) is 0 Å². The average molecular weight is 416 g/mol. The molecule has 4 nitrogen and oxygen atoms in total. The Hall–Kier alpha value is -2.60. The minimum absolute atomic E-state index is 0.0671. The highest BCUT2D eigenvalue weighted by molar-refractivity contribution is 6.15. The molecule has 1 aliphatic heterocycles. The van der Waals surface area contributed by atoms with Crippen LogP contribution in [0.3, 0.4) is 0 Å². The van der Waals surface area contributed by atoms with Crippen LogP contribution in [0.4, 0.5) is 8.78 Å². The number of hydrogen-bond donors (Lipinski definition) is 0. The van der Waals surface area contributed by atoms with E-state index in [0.29, 0.717) is 12.0 Å². The number of halogens is 2. The SMILES string of the molecule is CCc1ccc(-c2ccc(OC(F)F)cc2)cc1C1C(=O)C(C)(C)OC(C)(C)C1=O. The van der Waals surface area contributed by atoms with E-state index in [4.69, 9.17) is 4.74 Å². The zero-order valence-electron chi connectivity index (χ0n) is 17.8. The lowest BCUT2D eigenvalue weighted by Gasteiger charge is -2.43. The first-order valence-corrected chi connectivity index (χ1v) is 9.93. The van der Waals surface area contributed by atoms with Gasteiger partial charge in [0.25, 0.3) is 0 Å². The molecule has 1 aliphatic rings. The lowest BCUT2D eigenvalue weighted by Crippen LogP contribution is -2.58. The second-order valence-electron chi connectivity index (χ2n) is 8.45. The largest absolute Gasteiger partial charge is 0.435 e. The topological polar surface area (TPSA) is 52.6 Å². The number of carbonyl (C=O) groups excluding carboxylic acids is 2. The predicted molar refractivity (Wildman–Crippen MR) is 110 cm³/mol. The van der Waals surface area contributed by atoms with Crippen LogP contribution in [0.2, 0.25) is 0 Å². The summed E-state index contributed by atoms with van der Waals surface area (Å²) < 4.78 is 35.0. The van der Waals surface area contributed by atoms with Gasteiger partial charge in [0.2, 0.25) is 0 Å². The Bertz CT molecular complexity index is 936. The van der Waals surface area contributed by atoms with Crippen LogP contribution in [-0.2, 0) is 20.7 Å². The summed E-state index contributed by atoms with van der Waals surface area (Å²) in [7, 11) is 0. The zero-order valence-corrected chi connectivity index (χ0v) is 17.8. The molecule has 0 aliphatic carbocycles. The molecule has 0 aromatic heterocycles. The van der Waals surface area contributed by atoms with Crippen LogP contribution in [-0.4, -0.2) is 29.4 Å². The molecule has 0 amide bonds. The third-order valence-corrected chi connectivity index (χ3v) is 5.47. The van der Waals surface area contributed by atoms with Gasteiger partial charge in [-0.15, -0.1) is 0 Å². The van der Waals surface area contributed by atoms with Crippen LogP contribution in [0.1, 0.15) is 51.7 Å². The Morgan fingerprint density at radius 2 is 1.47 bits per heavy atom. The first-order valence-electron chi connectivity index (χ1n) is 9.93. The van der Waals surface area contributed by atoms with Gasteiger partial charge in [-0.3, -0.25) is 9.59 Å². The number of alkyl halides is 2. The summed E-state index contributed by atoms with van der Waals surface area (Å²) in [4.78, 5) is 26.4. The summed E-state index contributed by atoms with van der Waals surface area (Å²) in [5, 5.41) is 0. The number of benzene rings is 2. The molecule has 1 saturated heterocycles. The van der Waals surface area contributed by atoms with Crippen molar-refractivity contribution in [3.05, 3.63) is 53.6 Å². The van der Waals surface area contributed by atoms with Gasteiger partial charge in [0.1, 0.15) is 22.9 Å². The number of rotatable bonds is 5. The first kappa shape index (κ1) is 22.1. The number of aryl methyl sites for hydroxylation is 1. The summed E-state index contributed by atoms with van der Waals surface area (Å²) in [6.45, 7) is 5.84. The highest BCUT2D eigenvalue weighted by atomic mass is 19.3. The van der Waals surface area contributed by atoms with E-state index < -0.39 is 23.7 Å². The Labute approximate surface area is 175 Å². The molecule has 160 valence electrons. The van der Waals surface area contributed by atoms with Gasteiger partial charge in [-0.2, -0.15) is 8.78 Å². The van der Waals surface area contributed by atoms with Crippen molar-refractivity contribution in [2.75, 3.05) is 0 Å². The average Bonchev–Trinajstić information content (AvgIpc) is 2.66. The van der Waals surface area contributed by atoms with Crippen LogP contribution >= 0.6 is 0 Å². The Morgan fingerprint density at radius 3 is 1.97 bits per heavy atom. The smallest absolute Gasteiger partial charge is 0.387 e. The van der Waals surface area contributed by atoms with Crippen LogP contribution in [0.25, 0.3) is 11.1 Å². The second-order valence-corrected chi connectivity index (χ2v) is 8.45. The van der Waals surface area contributed by atoms with Gasteiger partial charge in [-0.25, -0.2) is 0 Å². The number of Topliss-reactive ketones (excluding diaryl/α,β-unsaturated/α-hetero) is 2. The Kier molecular flexibility index (Phi) is 5.83. The molecule has 0 atom stereocenters. The maximum Gasteiger partial charge on any atom is 0.387 e. The minimum Gasteiger partial charge on any atom is -0.435 e. The van der Waals surface area contributed by atoms with Gasteiger partial charge in [0.05, 0.1) is 0 Å². The lowest BCUT2D eigenvalue weighted by molar-refractivity contribution is -0.184.